The number of ether oxygens (including phenoxy) is 1. The fourth-order valence-electron chi connectivity index (χ4n) is 2.24. The van der Waals surface area contributed by atoms with E-state index in [1.165, 1.54) is 0 Å². The molecule has 0 heterocycles. The summed E-state index contributed by atoms with van der Waals surface area (Å²) in [6.45, 7) is 1.98. The molecule has 1 unspecified atom stereocenters. The average Bonchev–Trinajstić information content (AvgIpc) is 2.50. The molecule has 3 nitrogen and oxygen atoms in total. The zero-order chi connectivity index (χ0) is 14.4. The van der Waals surface area contributed by atoms with Crippen molar-refractivity contribution in [1.29, 1.82) is 0 Å². The molecule has 104 valence electrons. The number of rotatable bonds is 5. The molecule has 3 heteroatoms. The van der Waals surface area contributed by atoms with Crippen LogP contribution in [0.2, 0.25) is 0 Å². The number of hydrogen-bond acceptors (Lipinski definition) is 3. The van der Waals surface area contributed by atoms with Gasteiger partial charge in [-0.1, -0.05) is 60.7 Å². The maximum atomic E-state index is 11.9. The molecule has 0 aliphatic heterocycles. The van der Waals surface area contributed by atoms with Crippen LogP contribution in [-0.4, -0.2) is 23.8 Å². The monoisotopic (exact) mass is 270 g/mol. The normalized spacial score (nSPS) is 12.2. The lowest BCUT2D eigenvalue weighted by atomic mass is 9.86. The van der Waals surface area contributed by atoms with Crippen molar-refractivity contribution in [3.05, 3.63) is 71.8 Å². The number of esters is 1. The second kappa shape index (κ2) is 6.87. The summed E-state index contributed by atoms with van der Waals surface area (Å²) < 4.78 is 4.94. The number of aliphatic hydroxyl groups is 1. The molecule has 0 fully saturated rings. The van der Waals surface area contributed by atoms with Gasteiger partial charge >= 0.3 is 5.97 Å². The van der Waals surface area contributed by atoms with Crippen molar-refractivity contribution in [2.24, 2.45) is 0 Å². The summed E-state index contributed by atoms with van der Waals surface area (Å²) >= 11 is 0. The van der Waals surface area contributed by atoms with E-state index in [0.717, 1.165) is 11.1 Å². The summed E-state index contributed by atoms with van der Waals surface area (Å²) in [5.41, 5.74) is 1.78. The lowest BCUT2D eigenvalue weighted by Gasteiger charge is -2.22. The molecular weight excluding hydrogens is 252 g/mol. The molecule has 0 saturated heterocycles. The topological polar surface area (TPSA) is 46.5 Å². The van der Waals surface area contributed by atoms with Crippen LogP contribution >= 0.6 is 0 Å². The van der Waals surface area contributed by atoms with Gasteiger partial charge in [0.25, 0.3) is 0 Å². The van der Waals surface area contributed by atoms with Crippen molar-refractivity contribution in [2.75, 3.05) is 6.61 Å². The summed E-state index contributed by atoms with van der Waals surface area (Å²) in [6, 6.07) is 19.0. The predicted molar refractivity (Wildman–Crippen MR) is 77.4 cm³/mol. The Kier molecular flexibility index (Phi) is 4.91. The first-order valence-corrected chi connectivity index (χ1v) is 6.68. The van der Waals surface area contributed by atoms with Crippen LogP contribution in [0.4, 0.5) is 0 Å². The van der Waals surface area contributed by atoms with E-state index in [-0.39, 0.29) is 6.61 Å². The van der Waals surface area contributed by atoms with Gasteiger partial charge in [-0.2, -0.15) is 0 Å². The molecule has 0 aliphatic carbocycles. The Balaban J connectivity index is 2.37. The van der Waals surface area contributed by atoms with Crippen molar-refractivity contribution in [3.8, 4) is 0 Å². The van der Waals surface area contributed by atoms with Crippen LogP contribution in [-0.2, 0) is 9.53 Å². The van der Waals surface area contributed by atoms with Gasteiger partial charge in [0, 0.05) is 5.92 Å². The average molecular weight is 270 g/mol. The van der Waals surface area contributed by atoms with Crippen LogP contribution in [0, 0.1) is 0 Å². The van der Waals surface area contributed by atoms with E-state index >= 15 is 0 Å². The molecule has 0 radical (unpaired) electrons. The van der Waals surface area contributed by atoms with Crippen molar-refractivity contribution in [3.63, 3.8) is 0 Å². The highest BCUT2D eigenvalue weighted by atomic mass is 16.5. The highest BCUT2D eigenvalue weighted by Crippen LogP contribution is 2.28. The van der Waals surface area contributed by atoms with Gasteiger partial charge in [0.15, 0.2) is 6.10 Å². The van der Waals surface area contributed by atoms with Crippen LogP contribution in [0.1, 0.15) is 24.0 Å². The molecule has 0 bridgehead atoms. The Bertz CT molecular complexity index is 497. The van der Waals surface area contributed by atoms with E-state index in [4.69, 9.17) is 4.74 Å². The minimum Gasteiger partial charge on any atom is -0.464 e. The van der Waals surface area contributed by atoms with E-state index < -0.39 is 18.0 Å². The standard InChI is InChI=1S/C17H18O3/c1-2-20-17(19)16(18)15(13-9-5-3-6-10-13)14-11-7-4-8-12-14/h3-12,15-16,18H,2H2,1H3. The molecule has 0 amide bonds. The zero-order valence-electron chi connectivity index (χ0n) is 11.4. The SMILES string of the molecule is CCOC(=O)C(O)C(c1ccccc1)c1ccccc1. The Morgan fingerprint density at radius 2 is 1.45 bits per heavy atom. The molecule has 0 aliphatic rings. The molecule has 0 saturated carbocycles. The van der Waals surface area contributed by atoms with Crippen LogP contribution in [0.3, 0.4) is 0 Å². The quantitative estimate of drug-likeness (QED) is 0.850. The van der Waals surface area contributed by atoms with Gasteiger partial charge in [-0.15, -0.1) is 0 Å². The summed E-state index contributed by atoms with van der Waals surface area (Å²) in [5, 5.41) is 10.3. The third-order valence-electron chi connectivity index (χ3n) is 3.16. The number of carbonyl (C=O) groups excluding carboxylic acids is 1. The van der Waals surface area contributed by atoms with E-state index in [0.29, 0.717) is 0 Å². The van der Waals surface area contributed by atoms with Crippen molar-refractivity contribution >= 4 is 5.97 Å². The summed E-state index contributed by atoms with van der Waals surface area (Å²) in [5.74, 6) is -1.01. The van der Waals surface area contributed by atoms with E-state index in [9.17, 15) is 9.90 Å². The van der Waals surface area contributed by atoms with Crippen LogP contribution in [0.5, 0.6) is 0 Å². The van der Waals surface area contributed by atoms with Gasteiger partial charge in [0.05, 0.1) is 6.61 Å². The van der Waals surface area contributed by atoms with Crippen LogP contribution < -0.4 is 0 Å². The van der Waals surface area contributed by atoms with E-state index in [1.807, 2.05) is 60.7 Å². The number of benzene rings is 2. The maximum absolute atomic E-state index is 11.9. The summed E-state index contributed by atoms with van der Waals surface area (Å²) in [6.07, 6.45) is -1.21. The second-order valence-corrected chi connectivity index (χ2v) is 4.50. The third-order valence-corrected chi connectivity index (χ3v) is 3.16. The fourth-order valence-corrected chi connectivity index (χ4v) is 2.24. The molecule has 20 heavy (non-hydrogen) atoms. The van der Waals surface area contributed by atoms with Crippen molar-refractivity contribution < 1.29 is 14.6 Å². The van der Waals surface area contributed by atoms with E-state index in [2.05, 4.69) is 0 Å². The van der Waals surface area contributed by atoms with Crippen molar-refractivity contribution in [2.45, 2.75) is 18.9 Å². The Labute approximate surface area is 118 Å². The number of aliphatic hydroxyl groups excluding tert-OH is 1. The first-order chi connectivity index (χ1) is 9.74. The minimum atomic E-state index is -1.21. The molecule has 1 N–H and O–H groups in total. The van der Waals surface area contributed by atoms with Crippen molar-refractivity contribution in [1.82, 2.24) is 0 Å². The summed E-state index contributed by atoms with van der Waals surface area (Å²) in [4.78, 5) is 11.9. The molecule has 0 aromatic heterocycles. The van der Waals surface area contributed by atoms with Gasteiger partial charge in [-0.25, -0.2) is 4.79 Å². The van der Waals surface area contributed by atoms with Gasteiger partial charge in [0.1, 0.15) is 0 Å². The Morgan fingerprint density at radius 3 is 1.85 bits per heavy atom. The van der Waals surface area contributed by atoms with E-state index in [1.54, 1.807) is 6.92 Å². The van der Waals surface area contributed by atoms with Gasteiger partial charge < -0.3 is 9.84 Å². The fraction of sp³-hybridized carbons (Fsp3) is 0.235. The highest BCUT2D eigenvalue weighted by molar-refractivity contribution is 5.76. The number of hydrogen-bond donors (Lipinski definition) is 1. The lowest BCUT2D eigenvalue weighted by Crippen LogP contribution is -2.30. The number of carbonyl (C=O) groups is 1. The van der Waals surface area contributed by atoms with Gasteiger partial charge in [0.2, 0.25) is 0 Å². The summed E-state index contributed by atoms with van der Waals surface area (Å²) in [7, 11) is 0. The zero-order valence-corrected chi connectivity index (χ0v) is 11.4. The highest BCUT2D eigenvalue weighted by Gasteiger charge is 2.29. The maximum Gasteiger partial charge on any atom is 0.335 e. The lowest BCUT2D eigenvalue weighted by molar-refractivity contribution is -0.153. The largest absolute Gasteiger partial charge is 0.464 e. The van der Waals surface area contributed by atoms with Gasteiger partial charge in [-0.3, -0.25) is 0 Å². The first kappa shape index (κ1) is 14.3. The molecular formula is C17H18O3. The minimum absolute atomic E-state index is 0.256. The molecule has 1 atom stereocenters. The smallest absolute Gasteiger partial charge is 0.335 e. The Hall–Kier alpha value is -2.13. The van der Waals surface area contributed by atoms with Crippen LogP contribution in [0.15, 0.2) is 60.7 Å². The van der Waals surface area contributed by atoms with Crippen LogP contribution in [0.25, 0.3) is 0 Å². The third kappa shape index (κ3) is 3.25. The second-order valence-electron chi connectivity index (χ2n) is 4.50. The first-order valence-electron chi connectivity index (χ1n) is 6.68. The molecule has 2 rings (SSSR count). The Morgan fingerprint density at radius 1 is 1.00 bits per heavy atom. The molecule has 2 aromatic rings. The molecule has 2 aromatic carbocycles. The van der Waals surface area contributed by atoms with Gasteiger partial charge in [-0.05, 0) is 18.1 Å². The molecule has 0 spiro atoms. The predicted octanol–water partition coefficient (Wildman–Crippen LogP) is 2.74.